The quantitative estimate of drug-likeness (QED) is 0.323. The second-order valence-corrected chi connectivity index (χ2v) is 10.7. The average Bonchev–Trinajstić information content (AvgIpc) is 2.81. The van der Waals surface area contributed by atoms with Gasteiger partial charge in [-0.05, 0) is 59.1 Å². The zero-order valence-corrected chi connectivity index (χ0v) is 20.9. The lowest BCUT2D eigenvalue weighted by molar-refractivity contribution is 0.0597. The van der Waals surface area contributed by atoms with Crippen molar-refractivity contribution in [2.45, 2.75) is 51.4 Å². The predicted molar refractivity (Wildman–Crippen MR) is 135 cm³/mol. The number of aromatic hydroxyl groups is 1. The number of hydrogen-bond donors (Lipinski definition) is 1. The van der Waals surface area contributed by atoms with Crippen molar-refractivity contribution >= 4 is 23.4 Å². The van der Waals surface area contributed by atoms with Crippen LogP contribution < -0.4 is 0 Å². The zero-order valence-electron chi connectivity index (χ0n) is 20.2. The van der Waals surface area contributed by atoms with Crippen LogP contribution in [-0.4, -0.2) is 24.0 Å². The van der Waals surface area contributed by atoms with Gasteiger partial charge in [0.25, 0.3) is 0 Å². The van der Waals surface area contributed by atoms with Crippen molar-refractivity contribution in [3.8, 4) is 16.9 Å². The van der Waals surface area contributed by atoms with Crippen molar-refractivity contribution in [3.63, 3.8) is 0 Å². The van der Waals surface area contributed by atoms with Gasteiger partial charge in [-0.15, -0.1) is 0 Å². The highest BCUT2D eigenvalue weighted by Crippen LogP contribution is 2.49. The number of halogens is 1. The number of phenols is 1. The molecule has 0 amide bonds. The lowest BCUT2D eigenvalue weighted by Gasteiger charge is -2.42. The fraction of sp³-hybridized carbons (Fsp3) is 0.310. The highest BCUT2D eigenvalue weighted by Gasteiger charge is 2.38. The minimum absolute atomic E-state index is 0.0199. The second-order valence-electron chi connectivity index (χ2n) is 10.2. The van der Waals surface area contributed by atoms with E-state index in [0.29, 0.717) is 21.7 Å². The van der Waals surface area contributed by atoms with Crippen LogP contribution in [0, 0.1) is 0 Å². The van der Waals surface area contributed by atoms with Gasteiger partial charge in [0, 0.05) is 27.3 Å². The van der Waals surface area contributed by atoms with Gasteiger partial charge >= 0.3 is 5.97 Å². The average molecular weight is 477 g/mol. The number of phenolic OH excluding ortho intramolecular Hbond substituents is 1. The smallest absolute Gasteiger partial charge is 0.338 e. The van der Waals surface area contributed by atoms with Crippen LogP contribution in [0.25, 0.3) is 11.1 Å². The summed E-state index contributed by atoms with van der Waals surface area (Å²) in [5, 5.41) is 11.3. The first-order valence-corrected chi connectivity index (χ1v) is 11.7. The maximum absolute atomic E-state index is 13.2. The Labute approximate surface area is 205 Å². The van der Waals surface area contributed by atoms with E-state index in [-0.39, 0.29) is 33.5 Å². The third-order valence-electron chi connectivity index (χ3n) is 7.07. The Bertz CT molecular complexity index is 1300. The van der Waals surface area contributed by atoms with E-state index >= 15 is 0 Å². The molecule has 4 nitrogen and oxygen atoms in total. The number of benzene rings is 3. The minimum Gasteiger partial charge on any atom is -0.507 e. The van der Waals surface area contributed by atoms with Crippen molar-refractivity contribution in [3.05, 3.63) is 87.4 Å². The molecule has 0 saturated carbocycles. The van der Waals surface area contributed by atoms with E-state index in [1.165, 1.54) is 12.7 Å². The number of carbonyl (C=O) groups excluding carboxylic acids is 2. The lowest BCUT2D eigenvalue weighted by atomic mass is 9.62. The number of esters is 1. The SMILES string of the molecule is COC(=O)c1ccccc1C(=O)c1ccc(-c2cc3c(cc2O)C(C)(C)CCC3(C)C)c(Cl)c1. The number of carbonyl (C=O) groups is 2. The Morgan fingerprint density at radius 1 is 0.853 bits per heavy atom. The molecule has 3 aromatic rings. The number of ether oxygens (including phenoxy) is 1. The zero-order chi connectivity index (χ0) is 24.8. The summed E-state index contributed by atoms with van der Waals surface area (Å²) < 4.78 is 4.81. The van der Waals surface area contributed by atoms with Crippen LogP contribution in [0.15, 0.2) is 54.6 Å². The molecule has 1 N–H and O–H groups in total. The van der Waals surface area contributed by atoms with E-state index in [2.05, 4.69) is 27.7 Å². The summed E-state index contributed by atoms with van der Waals surface area (Å²) in [4.78, 5) is 25.3. The molecule has 0 aliphatic heterocycles. The molecule has 0 heterocycles. The molecular weight excluding hydrogens is 448 g/mol. The molecule has 4 rings (SSSR count). The molecular formula is C29H29ClO4. The first kappa shape index (κ1) is 24.0. The van der Waals surface area contributed by atoms with Gasteiger partial charge in [-0.3, -0.25) is 4.79 Å². The van der Waals surface area contributed by atoms with E-state index in [1.54, 1.807) is 42.5 Å². The number of methoxy groups -OCH3 is 1. The van der Waals surface area contributed by atoms with E-state index in [1.807, 2.05) is 12.1 Å². The third-order valence-corrected chi connectivity index (χ3v) is 7.38. The summed E-state index contributed by atoms with van der Waals surface area (Å²) in [6.07, 6.45) is 2.11. The van der Waals surface area contributed by atoms with Crippen molar-refractivity contribution in [2.75, 3.05) is 7.11 Å². The van der Waals surface area contributed by atoms with Gasteiger partial charge in [0.05, 0.1) is 12.7 Å². The van der Waals surface area contributed by atoms with Crippen LogP contribution in [0.3, 0.4) is 0 Å². The fourth-order valence-corrected chi connectivity index (χ4v) is 5.10. The summed E-state index contributed by atoms with van der Waals surface area (Å²) in [7, 11) is 1.28. The molecule has 0 bridgehead atoms. The maximum atomic E-state index is 13.2. The molecule has 34 heavy (non-hydrogen) atoms. The molecule has 0 unspecified atom stereocenters. The highest BCUT2D eigenvalue weighted by molar-refractivity contribution is 6.34. The summed E-state index contributed by atoms with van der Waals surface area (Å²) in [5.41, 5.74) is 4.42. The number of ketones is 1. The Balaban J connectivity index is 1.78. The molecule has 3 aromatic carbocycles. The highest BCUT2D eigenvalue weighted by atomic mass is 35.5. The van der Waals surface area contributed by atoms with Gasteiger partial charge in [-0.1, -0.05) is 69.6 Å². The molecule has 0 fully saturated rings. The first-order valence-electron chi connectivity index (χ1n) is 11.4. The lowest BCUT2D eigenvalue weighted by Crippen LogP contribution is -2.33. The Hall–Kier alpha value is -3.11. The van der Waals surface area contributed by atoms with Crippen LogP contribution in [0.2, 0.25) is 5.02 Å². The van der Waals surface area contributed by atoms with Crippen molar-refractivity contribution < 1.29 is 19.4 Å². The standard InChI is InChI=1S/C29H29ClO4/c1-28(2)12-13-29(3,4)23-16-25(31)21(15-22(23)28)18-11-10-17(14-24(18)30)26(32)19-8-6-7-9-20(19)27(33)34-5/h6-11,14-16,31H,12-13H2,1-5H3. The second kappa shape index (κ2) is 8.59. The molecule has 1 aliphatic carbocycles. The number of hydrogen-bond acceptors (Lipinski definition) is 4. The third kappa shape index (κ3) is 4.12. The van der Waals surface area contributed by atoms with Gasteiger partial charge in [0.2, 0.25) is 0 Å². The number of fused-ring (bicyclic) bond motifs is 1. The normalized spacial score (nSPS) is 15.9. The molecule has 0 spiro atoms. The van der Waals surface area contributed by atoms with E-state index in [0.717, 1.165) is 18.4 Å². The van der Waals surface area contributed by atoms with Crippen molar-refractivity contribution in [1.82, 2.24) is 0 Å². The van der Waals surface area contributed by atoms with E-state index in [4.69, 9.17) is 16.3 Å². The largest absolute Gasteiger partial charge is 0.507 e. The van der Waals surface area contributed by atoms with Crippen LogP contribution in [-0.2, 0) is 15.6 Å². The monoisotopic (exact) mass is 476 g/mol. The molecule has 0 saturated heterocycles. The predicted octanol–water partition coefficient (Wildman–Crippen LogP) is 7.08. The first-order chi connectivity index (χ1) is 16.0. The van der Waals surface area contributed by atoms with Gasteiger partial charge in [-0.25, -0.2) is 4.79 Å². The number of rotatable bonds is 4. The topological polar surface area (TPSA) is 63.6 Å². The molecule has 5 heteroatoms. The Morgan fingerprint density at radius 3 is 2.03 bits per heavy atom. The summed E-state index contributed by atoms with van der Waals surface area (Å²) in [6.45, 7) is 8.87. The molecule has 0 aromatic heterocycles. The van der Waals surface area contributed by atoms with Crippen LogP contribution in [0.1, 0.15) is 77.9 Å². The Morgan fingerprint density at radius 2 is 1.44 bits per heavy atom. The molecule has 1 aliphatic rings. The van der Waals surface area contributed by atoms with Gasteiger partial charge < -0.3 is 9.84 Å². The molecule has 0 radical (unpaired) electrons. The van der Waals surface area contributed by atoms with Crippen LogP contribution in [0.4, 0.5) is 0 Å². The van der Waals surface area contributed by atoms with Gasteiger partial charge in [0.1, 0.15) is 5.75 Å². The van der Waals surface area contributed by atoms with Crippen LogP contribution >= 0.6 is 11.6 Å². The Kier molecular flexibility index (Phi) is 6.07. The fourth-order valence-electron chi connectivity index (χ4n) is 4.82. The molecule has 176 valence electrons. The van der Waals surface area contributed by atoms with Gasteiger partial charge in [-0.2, -0.15) is 0 Å². The molecule has 0 atom stereocenters. The minimum atomic E-state index is -0.573. The van der Waals surface area contributed by atoms with Crippen molar-refractivity contribution in [1.29, 1.82) is 0 Å². The summed E-state index contributed by atoms with van der Waals surface area (Å²) >= 11 is 6.65. The van der Waals surface area contributed by atoms with E-state index < -0.39 is 5.97 Å². The van der Waals surface area contributed by atoms with Gasteiger partial charge in [0.15, 0.2) is 5.78 Å². The van der Waals surface area contributed by atoms with E-state index in [9.17, 15) is 14.7 Å². The maximum Gasteiger partial charge on any atom is 0.338 e. The summed E-state index contributed by atoms with van der Waals surface area (Å²) in [6, 6.07) is 15.4. The summed E-state index contributed by atoms with van der Waals surface area (Å²) in [5.74, 6) is -0.732. The van der Waals surface area contributed by atoms with Crippen molar-refractivity contribution in [2.24, 2.45) is 0 Å². The van der Waals surface area contributed by atoms with Crippen LogP contribution in [0.5, 0.6) is 5.75 Å².